The number of amides is 1. The Kier molecular flexibility index (Phi) is 5.12. The van der Waals surface area contributed by atoms with Crippen LogP contribution in [0.1, 0.15) is 23.7 Å². The van der Waals surface area contributed by atoms with E-state index >= 15 is 0 Å². The van der Waals surface area contributed by atoms with Crippen molar-refractivity contribution in [1.29, 1.82) is 0 Å². The van der Waals surface area contributed by atoms with Crippen LogP contribution in [0, 0.1) is 0 Å². The van der Waals surface area contributed by atoms with E-state index < -0.39 is 0 Å². The monoisotopic (exact) mass is 219 g/mol. The number of ether oxygens (including phenoxy) is 1. The van der Waals surface area contributed by atoms with Crippen LogP contribution in [0.2, 0.25) is 0 Å². The van der Waals surface area contributed by atoms with Crippen molar-refractivity contribution in [3.8, 4) is 5.75 Å². The van der Waals surface area contributed by atoms with Crippen molar-refractivity contribution in [2.75, 3.05) is 13.7 Å². The molecule has 1 rings (SSSR count). The highest BCUT2D eigenvalue weighted by Gasteiger charge is 2.03. The van der Waals surface area contributed by atoms with E-state index in [1.54, 1.807) is 31.4 Å². The third-order valence-electron chi connectivity index (χ3n) is 2.18. The fraction of sp³-hybridized carbons (Fsp3) is 0.308. The Hall–Kier alpha value is -1.77. The standard InChI is InChI=1S/C13H17NO2/c1-3-4-5-10-14-13(15)11-6-8-12(16-2)9-7-11/h3-4,6-9H,5,10H2,1-2H3,(H,14,15)/b4-3+. The number of allylic oxidation sites excluding steroid dienone is 1. The van der Waals surface area contributed by atoms with Crippen molar-refractivity contribution in [3.05, 3.63) is 42.0 Å². The Balaban J connectivity index is 2.46. The summed E-state index contributed by atoms with van der Waals surface area (Å²) < 4.78 is 5.02. The van der Waals surface area contributed by atoms with E-state index in [1.165, 1.54) is 0 Å². The van der Waals surface area contributed by atoms with Gasteiger partial charge in [-0.1, -0.05) is 12.2 Å². The minimum atomic E-state index is -0.0489. The molecule has 0 radical (unpaired) electrons. The first-order valence-electron chi connectivity index (χ1n) is 5.31. The summed E-state index contributed by atoms with van der Waals surface area (Å²) in [5.74, 6) is 0.706. The molecule has 0 aliphatic heterocycles. The van der Waals surface area contributed by atoms with Gasteiger partial charge < -0.3 is 10.1 Å². The summed E-state index contributed by atoms with van der Waals surface area (Å²) >= 11 is 0. The Labute approximate surface area is 96.1 Å². The number of hydrogen-bond donors (Lipinski definition) is 1. The molecule has 0 aliphatic carbocycles. The molecule has 0 spiro atoms. The fourth-order valence-corrected chi connectivity index (χ4v) is 1.28. The largest absolute Gasteiger partial charge is 0.497 e. The van der Waals surface area contributed by atoms with E-state index in [4.69, 9.17) is 4.74 Å². The van der Waals surface area contributed by atoms with Crippen molar-refractivity contribution in [3.63, 3.8) is 0 Å². The number of carbonyl (C=O) groups is 1. The maximum absolute atomic E-state index is 11.6. The molecule has 0 heterocycles. The van der Waals surface area contributed by atoms with E-state index in [0.717, 1.165) is 12.2 Å². The Bertz CT molecular complexity index is 355. The first-order valence-corrected chi connectivity index (χ1v) is 5.31. The van der Waals surface area contributed by atoms with Gasteiger partial charge in [0.1, 0.15) is 5.75 Å². The average molecular weight is 219 g/mol. The molecule has 0 saturated heterocycles. The zero-order valence-electron chi connectivity index (χ0n) is 9.69. The van der Waals surface area contributed by atoms with Crippen molar-refractivity contribution >= 4 is 5.91 Å². The second kappa shape index (κ2) is 6.67. The average Bonchev–Trinajstić information content (AvgIpc) is 2.34. The van der Waals surface area contributed by atoms with Crippen molar-refractivity contribution in [1.82, 2.24) is 5.32 Å². The maximum Gasteiger partial charge on any atom is 0.251 e. The first-order chi connectivity index (χ1) is 7.77. The molecular weight excluding hydrogens is 202 g/mol. The summed E-state index contributed by atoms with van der Waals surface area (Å²) in [7, 11) is 1.60. The molecular formula is C13H17NO2. The molecule has 16 heavy (non-hydrogen) atoms. The smallest absolute Gasteiger partial charge is 0.251 e. The molecule has 3 heteroatoms. The van der Waals surface area contributed by atoms with Gasteiger partial charge in [-0.15, -0.1) is 0 Å². The molecule has 0 fully saturated rings. The minimum absolute atomic E-state index is 0.0489. The van der Waals surface area contributed by atoms with Gasteiger partial charge in [-0.2, -0.15) is 0 Å². The molecule has 1 aromatic carbocycles. The second-order valence-electron chi connectivity index (χ2n) is 3.34. The molecule has 0 aliphatic rings. The van der Waals surface area contributed by atoms with Crippen molar-refractivity contribution in [2.45, 2.75) is 13.3 Å². The van der Waals surface area contributed by atoms with E-state index in [2.05, 4.69) is 5.32 Å². The van der Waals surface area contributed by atoms with Crippen LogP contribution >= 0.6 is 0 Å². The summed E-state index contributed by atoms with van der Waals surface area (Å²) in [5.41, 5.74) is 0.654. The van der Waals surface area contributed by atoms with Gasteiger partial charge in [-0.25, -0.2) is 0 Å². The summed E-state index contributed by atoms with van der Waals surface area (Å²) in [6.07, 6.45) is 4.85. The number of methoxy groups -OCH3 is 1. The Morgan fingerprint density at radius 2 is 2.06 bits per heavy atom. The van der Waals surface area contributed by atoms with Gasteiger partial charge in [0.05, 0.1) is 7.11 Å². The van der Waals surface area contributed by atoms with Crippen LogP contribution in [-0.2, 0) is 0 Å². The van der Waals surface area contributed by atoms with Crippen LogP contribution in [-0.4, -0.2) is 19.6 Å². The van der Waals surface area contributed by atoms with Gasteiger partial charge >= 0.3 is 0 Å². The van der Waals surface area contributed by atoms with E-state index in [-0.39, 0.29) is 5.91 Å². The molecule has 1 amide bonds. The number of carbonyl (C=O) groups excluding carboxylic acids is 1. The molecule has 3 nitrogen and oxygen atoms in total. The molecule has 86 valence electrons. The van der Waals surface area contributed by atoms with Gasteiger partial charge in [-0.3, -0.25) is 4.79 Å². The van der Waals surface area contributed by atoms with Gasteiger partial charge in [0, 0.05) is 12.1 Å². The van der Waals surface area contributed by atoms with E-state index in [0.29, 0.717) is 12.1 Å². The third kappa shape index (κ3) is 3.77. The molecule has 1 aromatic rings. The normalized spacial score (nSPS) is 10.4. The Morgan fingerprint density at radius 3 is 2.62 bits per heavy atom. The number of rotatable bonds is 5. The van der Waals surface area contributed by atoms with Gasteiger partial charge in [-0.05, 0) is 37.6 Å². The molecule has 0 aromatic heterocycles. The lowest BCUT2D eigenvalue weighted by Gasteiger charge is -2.04. The molecule has 0 saturated carbocycles. The van der Waals surface area contributed by atoms with Gasteiger partial charge in [0.2, 0.25) is 0 Å². The predicted octanol–water partition coefficient (Wildman–Crippen LogP) is 2.39. The molecule has 0 bridgehead atoms. The quantitative estimate of drug-likeness (QED) is 0.610. The molecule has 0 unspecified atom stereocenters. The molecule has 1 N–H and O–H groups in total. The van der Waals surface area contributed by atoms with Gasteiger partial charge in [0.15, 0.2) is 0 Å². The summed E-state index contributed by atoms with van der Waals surface area (Å²) in [6.45, 7) is 2.63. The van der Waals surface area contributed by atoms with Crippen LogP contribution in [0.4, 0.5) is 0 Å². The summed E-state index contributed by atoms with van der Waals surface area (Å²) in [5, 5.41) is 2.84. The third-order valence-corrected chi connectivity index (χ3v) is 2.18. The highest BCUT2D eigenvalue weighted by molar-refractivity contribution is 5.94. The number of hydrogen-bond acceptors (Lipinski definition) is 2. The van der Waals surface area contributed by atoms with Crippen LogP contribution in [0.3, 0.4) is 0 Å². The van der Waals surface area contributed by atoms with E-state index in [9.17, 15) is 4.79 Å². The zero-order chi connectivity index (χ0) is 11.8. The van der Waals surface area contributed by atoms with Crippen molar-refractivity contribution in [2.24, 2.45) is 0 Å². The maximum atomic E-state index is 11.6. The van der Waals surface area contributed by atoms with Crippen LogP contribution in [0.5, 0.6) is 5.75 Å². The van der Waals surface area contributed by atoms with Crippen LogP contribution < -0.4 is 10.1 Å². The second-order valence-corrected chi connectivity index (χ2v) is 3.34. The lowest BCUT2D eigenvalue weighted by molar-refractivity contribution is 0.0954. The lowest BCUT2D eigenvalue weighted by Crippen LogP contribution is -2.23. The lowest BCUT2D eigenvalue weighted by atomic mass is 10.2. The topological polar surface area (TPSA) is 38.3 Å². The molecule has 0 atom stereocenters. The SMILES string of the molecule is C/C=C/CCNC(=O)c1ccc(OC)cc1. The van der Waals surface area contributed by atoms with Gasteiger partial charge in [0.25, 0.3) is 5.91 Å². The Morgan fingerprint density at radius 1 is 1.38 bits per heavy atom. The summed E-state index contributed by atoms with van der Waals surface area (Å²) in [4.78, 5) is 11.6. The summed E-state index contributed by atoms with van der Waals surface area (Å²) in [6, 6.07) is 7.06. The van der Waals surface area contributed by atoms with Crippen molar-refractivity contribution < 1.29 is 9.53 Å². The minimum Gasteiger partial charge on any atom is -0.497 e. The van der Waals surface area contributed by atoms with E-state index in [1.807, 2.05) is 19.1 Å². The van der Waals surface area contributed by atoms with Crippen LogP contribution in [0.25, 0.3) is 0 Å². The zero-order valence-corrected chi connectivity index (χ0v) is 9.69. The highest BCUT2D eigenvalue weighted by atomic mass is 16.5. The first kappa shape index (κ1) is 12.3. The number of benzene rings is 1. The fourth-order valence-electron chi connectivity index (χ4n) is 1.28. The predicted molar refractivity (Wildman–Crippen MR) is 64.8 cm³/mol. The van der Waals surface area contributed by atoms with Crippen LogP contribution in [0.15, 0.2) is 36.4 Å². The number of nitrogens with one attached hydrogen (secondary N) is 1. The highest BCUT2D eigenvalue weighted by Crippen LogP contribution is 2.10.